The summed E-state index contributed by atoms with van der Waals surface area (Å²) in [7, 11) is -3.94. The lowest BCUT2D eigenvalue weighted by atomic mass is 10.1. The molecule has 0 amide bonds. The van der Waals surface area contributed by atoms with Crippen LogP contribution in [-0.2, 0) is 27.8 Å². The number of ether oxygens (including phenoxy) is 1. The summed E-state index contributed by atoms with van der Waals surface area (Å²) in [6, 6.07) is 10.1. The molecule has 8 heteroatoms. The predicted molar refractivity (Wildman–Crippen MR) is 92.9 cm³/mol. The lowest BCUT2D eigenvalue weighted by Gasteiger charge is -2.27. The van der Waals surface area contributed by atoms with Crippen molar-refractivity contribution in [1.29, 1.82) is 0 Å². The van der Waals surface area contributed by atoms with Gasteiger partial charge in [-0.15, -0.1) is 0 Å². The first-order chi connectivity index (χ1) is 12.5. The second-order valence-electron chi connectivity index (χ2n) is 6.06. The highest BCUT2D eigenvalue weighted by atomic mass is 32.2. The van der Waals surface area contributed by atoms with Crippen LogP contribution in [-0.4, -0.2) is 39.6 Å². The van der Waals surface area contributed by atoms with Crippen molar-refractivity contribution in [2.75, 3.05) is 26.3 Å². The van der Waals surface area contributed by atoms with Crippen LogP contribution in [0.25, 0.3) is 0 Å². The molecule has 2 aromatic carbocycles. The average Bonchev–Trinajstić information content (AvgIpc) is 2.64. The third-order valence-electron chi connectivity index (χ3n) is 4.27. The van der Waals surface area contributed by atoms with Gasteiger partial charge in [0.05, 0.1) is 18.1 Å². The van der Waals surface area contributed by atoms with Gasteiger partial charge in [-0.1, -0.05) is 24.3 Å². The molecule has 0 unspecified atom stereocenters. The summed E-state index contributed by atoms with van der Waals surface area (Å²) in [5, 5.41) is 0. The maximum atomic E-state index is 13.3. The van der Waals surface area contributed by atoms with Gasteiger partial charge >= 0.3 is 0 Å². The SMILES string of the molecule is O=S(=O)(NCc1ccccc1CN1CCOCC1)c1ccc(F)c(F)c1. The second-order valence-corrected chi connectivity index (χ2v) is 7.82. The van der Waals surface area contributed by atoms with Crippen molar-refractivity contribution in [2.45, 2.75) is 18.0 Å². The van der Waals surface area contributed by atoms with Crippen LogP contribution in [0.3, 0.4) is 0 Å². The van der Waals surface area contributed by atoms with Crippen molar-refractivity contribution in [1.82, 2.24) is 9.62 Å². The molecule has 0 aromatic heterocycles. The Bertz CT molecular complexity index is 868. The molecule has 1 fully saturated rings. The average molecular weight is 382 g/mol. The molecule has 5 nitrogen and oxygen atoms in total. The van der Waals surface area contributed by atoms with E-state index in [9.17, 15) is 17.2 Å². The maximum absolute atomic E-state index is 13.3. The summed E-state index contributed by atoms with van der Waals surface area (Å²) in [6.07, 6.45) is 0. The minimum Gasteiger partial charge on any atom is -0.379 e. The fourth-order valence-corrected chi connectivity index (χ4v) is 3.80. The Morgan fingerprint density at radius 1 is 1.00 bits per heavy atom. The predicted octanol–water partition coefficient (Wildman–Crippen LogP) is 2.28. The molecule has 0 radical (unpaired) electrons. The molecule has 0 spiro atoms. The van der Waals surface area contributed by atoms with Gasteiger partial charge in [0.15, 0.2) is 11.6 Å². The van der Waals surface area contributed by atoms with E-state index in [4.69, 9.17) is 4.74 Å². The topological polar surface area (TPSA) is 58.6 Å². The van der Waals surface area contributed by atoms with E-state index < -0.39 is 21.7 Å². The first-order valence-electron chi connectivity index (χ1n) is 8.27. The highest BCUT2D eigenvalue weighted by molar-refractivity contribution is 7.89. The van der Waals surface area contributed by atoms with Gasteiger partial charge in [0.25, 0.3) is 0 Å². The Kier molecular flexibility index (Phi) is 5.98. The maximum Gasteiger partial charge on any atom is 0.240 e. The van der Waals surface area contributed by atoms with Crippen LogP contribution in [0.2, 0.25) is 0 Å². The molecule has 1 N–H and O–H groups in total. The van der Waals surface area contributed by atoms with Crippen LogP contribution in [0.4, 0.5) is 8.78 Å². The second kappa shape index (κ2) is 8.22. The first-order valence-corrected chi connectivity index (χ1v) is 9.75. The molecule has 2 aromatic rings. The number of hydrogen-bond acceptors (Lipinski definition) is 4. The highest BCUT2D eigenvalue weighted by Gasteiger charge is 2.18. The van der Waals surface area contributed by atoms with Crippen LogP contribution in [0, 0.1) is 11.6 Å². The highest BCUT2D eigenvalue weighted by Crippen LogP contribution is 2.16. The van der Waals surface area contributed by atoms with Gasteiger partial charge in [-0.2, -0.15) is 0 Å². The lowest BCUT2D eigenvalue weighted by Crippen LogP contribution is -2.36. The summed E-state index contributed by atoms with van der Waals surface area (Å²) >= 11 is 0. The monoisotopic (exact) mass is 382 g/mol. The molecular formula is C18H20F2N2O3S. The van der Waals surface area contributed by atoms with Gasteiger partial charge in [0.1, 0.15) is 0 Å². The van der Waals surface area contributed by atoms with E-state index in [1.54, 1.807) is 0 Å². The first kappa shape index (κ1) is 18.9. The Balaban J connectivity index is 1.71. The standard InChI is InChI=1S/C18H20F2N2O3S/c19-17-6-5-16(11-18(17)20)26(23,24)21-12-14-3-1-2-4-15(14)13-22-7-9-25-10-8-22/h1-6,11,21H,7-10,12-13H2. The van der Waals surface area contributed by atoms with Crippen molar-refractivity contribution in [3.05, 3.63) is 65.2 Å². The number of nitrogens with one attached hydrogen (secondary N) is 1. The Hall–Kier alpha value is -1.87. The molecule has 1 saturated heterocycles. The summed E-state index contributed by atoms with van der Waals surface area (Å²) in [5.41, 5.74) is 1.85. The number of halogens is 2. The van der Waals surface area contributed by atoms with Crippen molar-refractivity contribution < 1.29 is 21.9 Å². The molecule has 1 aliphatic rings. The molecule has 0 atom stereocenters. The van der Waals surface area contributed by atoms with E-state index in [1.165, 1.54) is 0 Å². The van der Waals surface area contributed by atoms with Crippen LogP contribution in [0.1, 0.15) is 11.1 Å². The van der Waals surface area contributed by atoms with Crippen molar-refractivity contribution in [3.8, 4) is 0 Å². The van der Waals surface area contributed by atoms with E-state index in [0.717, 1.165) is 36.3 Å². The van der Waals surface area contributed by atoms with Crippen LogP contribution in [0.15, 0.2) is 47.4 Å². The third kappa shape index (κ3) is 4.64. The molecule has 3 rings (SSSR count). The molecule has 0 bridgehead atoms. The van der Waals surface area contributed by atoms with E-state index >= 15 is 0 Å². The molecule has 0 saturated carbocycles. The number of morpholine rings is 1. The minimum absolute atomic E-state index is 0.0713. The summed E-state index contributed by atoms with van der Waals surface area (Å²) in [4.78, 5) is 1.94. The van der Waals surface area contributed by atoms with Crippen molar-refractivity contribution in [3.63, 3.8) is 0 Å². The number of rotatable bonds is 6. The van der Waals surface area contributed by atoms with Crippen LogP contribution in [0.5, 0.6) is 0 Å². The minimum atomic E-state index is -3.94. The zero-order valence-electron chi connectivity index (χ0n) is 14.1. The third-order valence-corrected chi connectivity index (χ3v) is 5.67. The molecule has 0 aliphatic carbocycles. The normalized spacial score (nSPS) is 15.9. The number of nitrogens with zero attached hydrogens (tertiary/aromatic N) is 1. The largest absolute Gasteiger partial charge is 0.379 e. The number of sulfonamides is 1. The number of benzene rings is 2. The van der Waals surface area contributed by atoms with Crippen LogP contribution >= 0.6 is 0 Å². The lowest BCUT2D eigenvalue weighted by molar-refractivity contribution is 0.0341. The smallest absolute Gasteiger partial charge is 0.240 e. The summed E-state index contributed by atoms with van der Waals surface area (Å²) in [6.45, 7) is 3.80. The quantitative estimate of drug-likeness (QED) is 0.833. The fraction of sp³-hybridized carbons (Fsp3) is 0.333. The van der Waals surface area contributed by atoms with E-state index in [1.807, 2.05) is 24.3 Å². The Morgan fingerprint density at radius 2 is 1.69 bits per heavy atom. The van der Waals surface area contributed by atoms with Gasteiger partial charge in [-0.05, 0) is 29.3 Å². The van der Waals surface area contributed by atoms with E-state index in [-0.39, 0.29) is 11.4 Å². The van der Waals surface area contributed by atoms with Gasteiger partial charge in [-0.25, -0.2) is 21.9 Å². The summed E-state index contributed by atoms with van der Waals surface area (Å²) < 4.78 is 58.8. The zero-order chi connectivity index (χ0) is 18.6. The van der Waals surface area contributed by atoms with Gasteiger partial charge in [0.2, 0.25) is 10.0 Å². The van der Waals surface area contributed by atoms with Crippen molar-refractivity contribution in [2.24, 2.45) is 0 Å². The fourth-order valence-electron chi connectivity index (χ4n) is 2.78. The Labute approximate surface area is 151 Å². The molecule has 26 heavy (non-hydrogen) atoms. The van der Waals surface area contributed by atoms with Gasteiger partial charge in [-0.3, -0.25) is 4.90 Å². The molecule has 140 valence electrons. The molecular weight excluding hydrogens is 362 g/mol. The Morgan fingerprint density at radius 3 is 2.38 bits per heavy atom. The zero-order valence-corrected chi connectivity index (χ0v) is 14.9. The summed E-state index contributed by atoms with van der Waals surface area (Å²) in [5.74, 6) is -2.28. The van der Waals surface area contributed by atoms with Gasteiger partial charge in [0, 0.05) is 26.2 Å². The molecule has 1 aliphatic heterocycles. The van der Waals surface area contributed by atoms with E-state index in [0.29, 0.717) is 25.8 Å². The number of hydrogen-bond donors (Lipinski definition) is 1. The van der Waals surface area contributed by atoms with Gasteiger partial charge < -0.3 is 4.74 Å². The molecule has 1 heterocycles. The van der Waals surface area contributed by atoms with Crippen molar-refractivity contribution >= 4 is 10.0 Å². The van der Waals surface area contributed by atoms with Crippen LogP contribution < -0.4 is 4.72 Å². The van der Waals surface area contributed by atoms with E-state index in [2.05, 4.69) is 9.62 Å².